The normalized spacial score (nSPS) is 13.2. The van der Waals surface area contributed by atoms with Crippen LogP contribution in [0.25, 0.3) is 0 Å². The highest BCUT2D eigenvalue weighted by molar-refractivity contribution is 5.89. The van der Waals surface area contributed by atoms with E-state index >= 15 is 0 Å². The molecule has 0 saturated heterocycles. The lowest BCUT2D eigenvalue weighted by atomic mass is 10.1. The minimum Gasteiger partial charge on any atom is -0.339 e. The van der Waals surface area contributed by atoms with Crippen LogP contribution in [0.2, 0.25) is 0 Å². The van der Waals surface area contributed by atoms with Crippen molar-refractivity contribution in [2.45, 2.75) is 25.4 Å². The molecule has 0 saturated carbocycles. The molecule has 2 rings (SSSR count). The van der Waals surface area contributed by atoms with Crippen molar-refractivity contribution in [3.05, 3.63) is 47.4 Å². The molecule has 1 unspecified atom stereocenters. The van der Waals surface area contributed by atoms with Gasteiger partial charge in [-0.1, -0.05) is 17.3 Å². The van der Waals surface area contributed by atoms with Crippen molar-refractivity contribution >= 4 is 5.78 Å². The fourth-order valence-corrected chi connectivity index (χ4v) is 1.70. The van der Waals surface area contributed by atoms with E-state index in [4.69, 9.17) is 0 Å². The van der Waals surface area contributed by atoms with Gasteiger partial charge in [-0.25, -0.2) is 4.39 Å². The molecule has 0 aliphatic rings. The van der Waals surface area contributed by atoms with Crippen molar-refractivity contribution in [2.24, 2.45) is 0 Å². The Morgan fingerprint density at radius 2 is 2.10 bits per heavy atom. The van der Waals surface area contributed by atoms with E-state index in [0.717, 1.165) is 6.92 Å². The highest BCUT2D eigenvalue weighted by atomic mass is 19.4. The first-order valence-electron chi connectivity index (χ1n) is 5.95. The number of hydrogen-bond donors (Lipinski definition) is 0. The molecule has 8 heteroatoms. The number of carbonyl (C=O) groups is 1. The average Bonchev–Trinajstić information content (AvgIpc) is 2.84. The second-order valence-electron chi connectivity index (χ2n) is 4.44. The van der Waals surface area contributed by atoms with Crippen molar-refractivity contribution in [3.63, 3.8) is 0 Å². The Kier molecular flexibility index (Phi) is 4.06. The summed E-state index contributed by atoms with van der Waals surface area (Å²) in [4.78, 5) is 14.8. The molecule has 0 N–H and O–H groups in total. The van der Waals surface area contributed by atoms with Gasteiger partial charge in [-0.3, -0.25) is 4.79 Å². The van der Waals surface area contributed by atoms with Gasteiger partial charge in [0.05, 0.1) is 0 Å². The summed E-state index contributed by atoms with van der Waals surface area (Å²) in [7, 11) is 0. The molecule has 1 atom stereocenters. The summed E-state index contributed by atoms with van der Waals surface area (Å²) >= 11 is 0. The molecule has 4 nitrogen and oxygen atoms in total. The highest BCUT2D eigenvalue weighted by Crippen LogP contribution is 2.26. The van der Waals surface area contributed by atoms with Gasteiger partial charge in [0.1, 0.15) is 11.7 Å². The Hall–Kier alpha value is -2.25. The molecular formula is C13H10F4N2O2. The maximum atomic E-state index is 13.0. The van der Waals surface area contributed by atoms with E-state index < -0.39 is 29.6 Å². The van der Waals surface area contributed by atoms with Gasteiger partial charge >= 0.3 is 6.18 Å². The molecule has 0 amide bonds. The van der Waals surface area contributed by atoms with E-state index in [0.29, 0.717) is 5.56 Å². The van der Waals surface area contributed by atoms with Crippen LogP contribution in [0.5, 0.6) is 0 Å². The number of alkyl halides is 3. The number of carbonyl (C=O) groups excluding carboxylic acids is 1. The van der Waals surface area contributed by atoms with Gasteiger partial charge in [-0.15, -0.1) is 0 Å². The Morgan fingerprint density at radius 1 is 1.38 bits per heavy atom. The molecular weight excluding hydrogens is 292 g/mol. The lowest BCUT2D eigenvalue weighted by Crippen LogP contribution is -2.27. The third-order valence-electron chi connectivity index (χ3n) is 2.78. The predicted octanol–water partition coefficient (Wildman–Crippen LogP) is 3.03. The van der Waals surface area contributed by atoms with Gasteiger partial charge in [0, 0.05) is 6.42 Å². The summed E-state index contributed by atoms with van der Waals surface area (Å²) < 4.78 is 54.6. The van der Waals surface area contributed by atoms with Gasteiger partial charge in [0.15, 0.2) is 5.82 Å². The van der Waals surface area contributed by atoms with Crippen molar-refractivity contribution in [1.82, 2.24) is 10.1 Å². The largest absolute Gasteiger partial charge is 0.450 e. The number of halogens is 4. The first kappa shape index (κ1) is 15.1. The number of aromatic nitrogens is 2. The van der Waals surface area contributed by atoms with Crippen molar-refractivity contribution in [1.29, 1.82) is 0 Å². The van der Waals surface area contributed by atoms with E-state index in [1.54, 1.807) is 6.07 Å². The van der Waals surface area contributed by atoms with Crippen molar-refractivity contribution < 1.29 is 26.9 Å². The number of ketones is 1. The Labute approximate surface area is 116 Å². The Morgan fingerprint density at radius 3 is 2.71 bits per heavy atom. The molecule has 2 aromatic rings. The summed E-state index contributed by atoms with van der Waals surface area (Å²) in [6.07, 6.45) is -4.87. The van der Waals surface area contributed by atoms with Gasteiger partial charge in [-0.05, 0) is 24.6 Å². The van der Waals surface area contributed by atoms with Crippen LogP contribution in [0.4, 0.5) is 17.6 Å². The van der Waals surface area contributed by atoms with Crippen LogP contribution < -0.4 is 0 Å². The summed E-state index contributed by atoms with van der Waals surface area (Å²) in [5.74, 6) is -4.31. The van der Waals surface area contributed by atoms with E-state index in [2.05, 4.69) is 14.7 Å². The molecule has 0 aliphatic carbocycles. The SMILES string of the molecule is CC(C(=O)C(F)(F)F)c1nc(Cc2cccc(F)c2)no1. The van der Waals surface area contributed by atoms with Crippen LogP contribution >= 0.6 is 0 Å². The third-order valence-corrected chi connectivity index (χ3v) is 2.78. The van der Waals surface area contributed by atoms with Crippen LogP contribution in [0.1, 0.15) is 30.1 Å². The summed E-state index contributed by atoms with van der Waals surface area (Å²) in [5.41, 5.74) is 0.539. The molecule has 1 aromatic heterocycles. The van der Waals surface area contributed by atoms with Gasteiger partial charge in [0.25, 0.3) is 0 Å². The quantitative estimate of drug-likeness (QED) is 0.815. The fraction of sp³-hybridized carbons (Fsp3) is 0.308. The maximum absolute atomic E-state index is 13.0. The molecule has 112 valence electrons. The van der Waals surface area contributed by atoms with Crippen LogP contribution in [-0.2, 0) is 11.2 Å². The maximum Gasteiger partial charge on any atom is 0.450 e. The second kappa shape index (κ2) is 5.63. The van der Waals surface area contributed by atoms with Gasteiger partial charge < -0.3 is 4.52 Å². The Bertz CT molecular complexity index is 652. The van der Waals surface area contributed by atoms with Crippen LogP contribution in [0.15, 0.2) is 28.8 Å². The average molecular weight is 302 g/mol. The summed E-state index contributed by atoms with van der Waals surface area (Å²) in [6.45, 7) is 1.04. The summed E-state index contributed by atoms with van der Waals surface area (Å²) in [6, 6.07) is 5.61. The molecule has 1 aromatic carbocycles. The van der Waals surface area contributed by atoms with E-state index in [1.165, 1.54) is 18.2 Å². The summed E-state index contributed by atoms with van der Waals surface area (Å²) in [5, 5.41) is 3.50. The molecule has 0 bridgehead atoms. The van der Waals surface area contributed by atoms with E-state index in [-0.39, 0.29) is 12.2 Å². The number of benzene rings is 1. The first-order valence-corrected chi connectivity index (χ1v) is 5.95. The minimum absolute atomic E-state index is 0.0809. The van der Waals surface area contributed by atoms with E-state index in [1.807, 2.05) is 0 Å². The fourth-order valence-electron chi connectivity index (χ4n) is 1.70. The van der Waals surface area contributed by atoms with Crippen molar-refractivity contribution in [3.8, 4) is 0 Å². The molecule has 0 radical (unpaired) electrons. The molecule has 0 fully saturated rings. The molecule has 0 aliphatic heterocycles. The molecule has 0 spiro atoms. The topological polar surface area (TPSA) is 56.0 Å². The zero-order valence-electron chi connectivity index (χ0n) is 10.8. The molecule has 21 heavy (non-hydrogen) atoms. The Balaban J connectivity index is 2.13. The lowest BCUT2D eigenvalue weighted by Gasteiger charge is -2.08. The standard InChI is InChI=1S/C13H10F4N2O2/c1-7(11(20)13(15,16)17)12-18-10(19-21-12)6-8-3-2-4-9(14)5-8/h2-5,7H,6H2,1H3. The number of hydrogen-bond acceptors (Lipinski definition) is 4. The van der Waals surface area contributed by atoms with E-state index in [9.17, 15) is 22.4 Å². The van der Waals surface area contributed by atoms with Crippen molar-refractivity contribution in [2.75, 3.05) is 0 Å². The lowest BCUT2D eigenvalue weighted by molar-refractivity contribution is -0.172. The highest BCUT2D eigenvalue weighted by Gasteiger charge is 2.43. The predicted molar refractivity (Wildman–Crippen MR) is 63.0 cm³/mol. The first-order chi connectivity index (χ1) is 9.77. The zero-order chi connectivity index (χ0) is 15.6. The van der Waals surface area contributed by atoms with Crippen LogP contribution in [-0.4, -0.2) is 22.1 Å². The minimum atomic E-state index is -4.96. The monoisotopic (exact) mass is 302 g/mol. The number of Topliss-reactive ketones (excluding diaryl/α,β-unsaturated/α-hetero) is 1. The van der Waals surface area contributed by atoms with Gasteiger partial charge in [-0.2, -0.15) is 18.2 Å². The molecule has 1 heterocycles. The zero-order valence-corrected chi connectivity index (χ0v) is 10.8. The second-order valence-corrected chi connectivity index (χ2v) is 4.44. The number of nitrogens with zero attached hydrogens (tertiary/aromatic N) is 2. The smallest absolute Gasteiger partial charge is 0.339 e. The van der Waals surface area contributed by atoms with Crippen LogP contribution in [0.3, 0.4) is 0 Å². The van der Waals surface area contributed by atoms with Crippen LogP contribution in [0, 0.1) is 5.82 Å². The number of rotatable bonds is 4. The third kappa shape index (κ3) is 3.65. The van der Waals surface area contributed by atoms with Gasteiger partial charge in [0.2, 0.25) is 11.7 Å².